The van der Waals surface area contributed by atoms with Crippen LogP contribution in [0.25, 0.3) is 0 Å². The van der Waals surface area contributed by atoms with Crippen LogP contribution >= 0.6 is 0 Å². The number of methoxy groups -OCH3 is 3. The number of rotatable bonds is 5. The molecule has 0 aliphatic carbocycles. The molecule has 0 radical (unpaired) electrons. The molecule has 0 bridgehead atoms. The van der Waals surface area contributed by atoms with Crippen LogP contribution in [0.15, 0.2) is 71.2 Å². The van der Waals surface area contributed by atoms with Crippen LogP contribution in [0.3, 0.4) is 0 Å². The largest absolute Gasteiger partial charge is 0.466 e. The molecule has 0 spiro atoms. The molecule has 3 rings (SSSR count). The van der Waals surface area contributed by atoms with E-state index in [0.717, 1.165) is 38.4 Å². The Hall–Kier alpha value is -4.79. The van der Waals surface area contributed by atoms with Gasteiger partial charge in [-0.2, -0.15) is 18.4 Å². The van der Waals surface area contributed by atoms with Crippen LogP contribution in [-0.2, 0) is 30.0 Å². The molecule has 2 aromatic carbocycles. The standard InChI is InChI=1S/C25H20F3N3O6/c1-35-22(32)15-10-9-14(11-17(15)25(26,27)28)31-20(24(34)37-3)19(23(33)36-2)18(16(12-29)21(31)30)13-7-5-4-6-8-13/h4-11,18H,30H2,1-3H3. The quantitative estimate of drug-likeness (QED) is 0.470. The summed E-state index contributed by atoms with van der Waals surface area (Å²) < 4.78 is 55.9. The molecule has 0 fully saturated rings. The van der Waals surface area contributed by atoms with Gasteiger partial charge in [-0.25, -0.2) is 14.4 Å². The summed E-state index contributed by atoms with van der Waals surface area (Å²) in [6, 6.07) is 12.4. The number of hydrogen-bond donors (Lipinski definition) is 1. The van der Waals surface area contributed by atoms with E-state index in [1.807, 2.05) is 6.07 Å². The Morgan fingerprint density at radius 2 is 1.54 bits per heavy atom. The fourth-order valence-electron chi connectivity index (χ4n) is 3.98. The summed E-state index contributed by atoms with van der Waals surface area (Å²) >= 11 is 0. The predicted molar refractivity (Wildman–Crippen MR) is 122 cm³/mol. The number of nitriles is 1. The lowest BCUT2D eigenvalue weighted by Gasteiger charge is -2.36. The molecule has 12 heteroatoms. The van der Waals surface area contributed by atoms with Crippen LogP contribution in [0, 0.1) is 11.3 Å². The molecule has 192 valence electrons. The summed E-state index contributed by atoms with van der Waals surface area (Å²) in [4.78, 5) is 38.8. The van der Waals surface area contributed by atoms with Crippen LogP contribution in [0.4, 0.5) is 18.9 Å². The van der Waals surface area contributed by atoms with Gasteiger partial charge in [-0.05, 0) is 23.8 Å². The predicted octanol–water partition coefficient (Wildman–Crippen LogP) is 3.39. The van der Waals surface area contributed by atoms with Crippen LogP contribution in [-0.4, -0.2) is 39.2 Å². The highest BCUT2D eigenvalue weighted by Crippen LogP contribution is 2.44. The molecule has 0 saturated heterocycles. The first-order chi connectivity index (χ1) is 17.5. The Kier molecular flexibility index (Phi) is 7.57. The minimum atomic E-state index is -5.02. The molecule has 2 N–H and O–H groups in total. The van der Waals surface area contributed by atoms with E-state index < -0.39 is 52.6 Å². The number of allylic oxidation sites excluding steroid dienone is 1. The monoisotopic (exact) mass is 515 g/mol. The maximum Gasteiger partial charge on any atom is 0.417 e. The number of esters is 3. The van der Waals surface area contributed by atoms with E-state index in [9.17, 15) is 32.8 Å². The highest BCUT2D eigenvalue weighted by molar-refractivity contribution is 6.06. The molecule has 9 nitrogen and oxygen atoms in total. The van der Waals surface area contributed by atoms with Crippen LogP contribution in [0.1, 0.15) is 27.4 Å². The number of carbonyl (C=O) groups is 3. The molecule has 0 amide bonds. The number of carbonyl (C=O) groups excluding carboxylic acids is 3. The second-order valence-corrected chi connectivity index (χ2v) is 7.55. The second kappa shape index (κ2) is 10.4. The summed E-state index contributed by atoms with van der Waals surface area (Å²) in [5, 5.41) is 10.00. The van der Waals surface area contributed by atoms with Crippen molar-refractivity contribution in [2.24, 2.45) is 5.73 Å². The molecule has 1 aliphatic heterocycles. The summed E-state index contributed by atoms with van der Waals surface area (Å²) in [6.07, 6.45) is -5.02. The Morgan fingerprint density at radius 3 is 2.05 bits per heavy atom. The van der Waals surface area contributed by atoms with Gasteiger partial charge in [0.15, 0.2) is 0 Å². The topological polar surface area (TPSA) is 132 Å². The lowest BCUT2D eigenvalue weighted by molar-refractivity contribution is -0.139. The van der Waals surface area contributed by atoms with E-state index in [4.69, 9.17) is 15.2 Å². The van der Waals surface area contributed by atoms with Crippen molar-refractivity contribution in [2.75, 3.05) is 26.2 Å². The zero-order valence-electron chi connectivity index (χ0n) is 19.8. The fourth-order valence-corrected chi connectivity index (χ4v) is 3.98. The molecule has 1 unspecified atom stereocenters. The third kappa shape index (κ3) is 4.84. The van der Waals surface area contributed by atoms with E-state index >= 15 is 0 Å². The number of hydrogen-bond acceptors (Lipinski definition) is 9. The SMILES string of the molecule is COC(=O)C1=C(C(=O)OC)N(c2ccc(C(=O)OC)c(C(F)(F)F)c2)C(N)=C(C#N)C1c1ccccc1. The molecule has 1 aliphatic rings. The van der Waals surface area contributed by atoms with E-state index in [1.165, 1.54) is 0 Å². The van der Waals surface area contributed by atoms with Crippen molar-refractivity contribution in [3.05, 3.63) is 87.9 Å². The van der Waals surface area contributed by atoms with Crippen molar-refractivity contribution in [3.63, 3.8) is 0 Å². The molecule has 0 aromatic heterocycles. The Bertz CT molecular complexity index is 1360. The van der Waals surface area contributed by atoms with Crippen LogP contribution in [0.5, 0.6) is 0 Å². The second-order valence-electron chi connectivity index (χ2n) is 7.55. The van der Waals surface area contributed by atoms with Crippen molar-refractivity contribution in [3.8, 4) is 6.07 Å². The zero-order valence-corrected chi connectivity index (χ0v) is 19.8. The van der Waals surface area contributed by atoms with Crippen molar-refractivity contribution in [1.82, 2.24) is 0 Å². The van der Waals surface area contributed by atoms with Gasteiger partial charge in [0.2, 0.25) is 0 Å². The number of anilines is 1. The van der Waals surface area contributed by atoms with Gasteiger partial charge >= 0.3 is 24.1 Å². The summed E-state index contributed by atoms with van der Waals surface area (Å²) in [5.41, 5.74) is 2.94. The van der Waals surface area contributed by atoms with Gasteiger partial charge in [0.1, 0.15) is 11.5 Å². The molecule has 1 atom stereocenters. The molecule has 37 heavy (non-hydrogen) atoms. The number of halogens is 3. The third-order valence-corrected chi connectivity index (χ3v) is 5.58. The summed E-state index contributed by atoms with van der Waals surface area (Å²) in [7, 11) is 2.96. The van der Waals surface area contributed by atoms with Gasteiger partial charge < -0.3 is 19.9 Å². The van der Waals surface area contributed by atoms with Crippen molar-refractivity contribution in [1.29, 1.82) is 5.26 Å². The van der Waals surface area contributed by atoms with Gasteiger partial charge in [-0.3, -0.25) is 4.90 Å². The Balaban J connectivity index is 2.44. The molecule has 2 aromatic rings. The maximum atomic E-state index is 13.9. The number of benzene rings is 2. The number of alkyl halides is 3. The van der Waals surface area contributed by atoms with Crippen LogP contribution < -0.4 is 10.6 Å². The lowest BCUT2D eigenvalue weighted by Crippen LogP contribution is -2.41. The van der Waals surface area contributed by atoms with E-state index in [1.54, 1.807) is 30.3 Å². The molecular weight excluding hydrogens is 495 g/mol. The average Bonchev–Trinajstić information content (AvgIpc) is 2.90. The molecule has 0 saturated carbocycles. The summed E-state index contributed by atoms with van der Waals surface area (Å²) in [6.45, 7) is 0. The third-order valence-electron chi connectivity index (χ3n) is 5.58. The van der Waals surface area contributed by atoms with E-state index in [2.05, 4.69) is 4.74 Å². The average molecular weight is 515 g/mol. The minimum Gasteiger partial charge on any atom is -0.466 e. The highest BCUT2D eigenvalue weighted by Gasteiger charge is 2.44. The minimum absolute atomic E-state index is 0.232. The van der Waals surface area contributed by atoms with Crippen molar-refractivity contribution in [2.45, 2.75) is 12.1 Å². The number of ether oxygens (including phenoxy) is 3. The maximum absolute atomic E-state index is 13.9. The Morgan fingerprint density at radius 1 is 0.946 bits per heavy atom. The summed E-state index contributed by atoms with van der Waals surface area (Å²) in [5.74, 6) is -5.04. The van der Waals surface area contributed by atoms with Crippen molar-refractivity contribution < 1.29 is 41.8 Å². The van der Waals surface area contributed by atoms with Gasteiger partial charge in [-0.15, -0.1) is 0 Å². The first-order valence-electron chi connectivity index (χ1n) is 10.5. The van der Waals surface area contributed by atoms with Gasteiger partial charge in [0.05, 0.1) is 55.6 Å². The van der Waals surface area contributed by atoms with Gasteiger partial charge in [0, 0.05) is 5.69 Å². The number of nitrogens with two attached hydrogens (primary N) is 1. The zero-order chi connectivity index (χ0) is 27.5. The van der Waals surface area contributed by atoms with E-state index in [-0.39, 0.29) is 16.8 Å². The lowest BCUT2D eigenvalue weighted by atomic mass is 9.81. The highest BCUT2D eigenvalue weighted by atomic mass is 19.4. The van der Waals surface area contributed by atoms with Crippen LogP contribution in [0.2, 0.25) is 0 Å². The first-order valence-corrected chi connectivity index (χ1v) is 10.5. The molecule has 1 heterocycles. The van der Waals surface area contributed by atoms with Gasteiger partial charge in [-0.1, -0.05) is 30.3 Å². The smallest absolute Gasteiger partial charge is 0.417 e. The fraction of sp³-hybridized carbons (Fsp3) is 0.200. The number of nitrogens with zero attached hydrogens (tertiary/aromatic N) is 2. The normalized spacial score (nSPS) is 15.7. The first kappa shape index (κ1) is 26.8. The Labute approximate surface area is 209 Å². The molecular formula is C25H20F3N3O6. The van der Waals surface area contributed by atoms with Crippen molar-refractivity contribution >= 4 is 23.6 Å². The van der Waals surface area contributed by atoms with Gasteiger partial charge in [0.25, 0.3) is 0 Å². The van der Waals surface area contributed by atoms with E-state index in [0.29, 0.717) is 11.6 Å².